The van der Waals surface area contributed by atoms with Gasteiger partial charge in [0.1, 0.15) is 6.61 Å². The highest BCUT2D eigenvalue weighted by atomic mass is 16.6. The van der Waals surface area contributed by atoms with Gasteiger partial charge < -0.3 is 4.84 Å². The van der Waals surface area contributed by atoms with Crippen LogP contribution < -0.4 is 0 Å². The molecule has 0 aromatic heterocycles. The number of terminal acetylenes is 1. The molecular formula is C5H6NO. The van der Waals surface area contributed by atoms with Crippen LogP contribution in [0.3, 0.4) is 0 Å². The maximum atomic E-state index is 4.86. The molecule has 0 amide bonds. The molecule has 0 aliphatic rings. The minimum absolute atomic E-state index is 0.410. The van der Waals surface area contributed by atoms with Gasteiger partial charge in [0.2, 0.25) is 0 Å². The first kappa shape index (κ1) is 6.03. The third-order valence-corrected chi connectivity index (χ3v) is 0.412. The fourth-order valence-electron chi connectivity index (χ4n) is 0.157. The molecule has 0 aliphatic carbocycles. The van der Waals surface area contributed by atoms with Gasteiger partial charge in [0.25, 0.3) is 0 Å². The molecule has 0 atom stereocenters. The Morgan fingerprint density at radius 1 is 1.71 bits per heavy atom. The van der Waals surface area contributed by atoms with Crippen molar-refractivity contribution in [3.8, 4) is 12.3 Å². The molecule has 0 saturated carbocycles. The second-order valence-electron chi connectivity index (χ2n) is 0.893. The fraction of sp³-hybridized carbons (Fsp3) is 0.400. The summed E-state index contributed by atoms with van der Waals surface area (Å²) in [6.07, 6.45) is 5.41. The van der Waals surface area contributed by atoms with Crippen molar-refractivity contribution in [2.75, 3.05) is 6.61 Å². The lowest BCUT2D eigenvalue weighted by Crippen LogP contribution is -1.81. The number of hydrogen-bond acceptors (Lipinski definition) is 2. The summed E-state index contributed by atoms with van der Waals surface area (Å²) in [5, 5.41) is 2.88. The van der Waals surface area contributed by atoms with Crippen molar-refractivity contribution in [1.29, 1.82) is 0 Å². The van der Waals surface area contributed by atoms with Crippen LogP contribution in [0.25, 0.3) is 0 Å². The largest absolute Gasteiger partial charge is 0.395 e. The molecule has 2 nitrogen and oxygen atoms in total. The SMILES string of the molecule is [CH]=NOCCC#C. The molecule has 0 N–H and O–H groups in total. The molecule has 2 heteroatoms. The Kier molecular flexibility index (Phi) is 4.33. The van der Waals surface area contributed by atoms with E-state index in [0.717, 1.165) is 0 Å². The van der Waals surface area contributed by atoms with E-state index in [1.54, 1.807) is 0 Å². The first-order chi connectivity index (χ1) is 3.41. The van der Waals surface area contributed by atoms with Gasteiger partial charge in [0.15, 0.2) is 0 Å². The maximum Gasteiger partial charge on any atom is 0.128 e. The van der Waals surface area contributed by atoms with Crippen molar-refractivity contribution >= 4 is 6.72 Å². The van der Waals surface area contributed by atoms with Crippen molar-refractivity contribution in [1.82, 2.24) is 0 Å². The molecule has 0 bridgehead atoms. The second kappa shape index (κ2) is 5.03. The molecule has 0 aromatic rings. The molecule has 0 aliphatic heterocycles. The molecule has 7 heavy (non-hydrogen) atoms. The quantitative estimate of drug-likeness (QED) is 0.217. The summed E-state index contributed by atoms with van der Waals surface area (Å²) in [6, 6.07) is 0. The van der Waals surface area contributed by atoms with Crippen LogP contribution in [0.5, 0.6) is 0 Å². The van der Waals surface area contributed by atoms with Gasteiger partial charge in [-0.05, 0) is 0 Å². The highest BCUT2D eigenvalue weighted by molar-refractivity contribution is 5.21. The third kappa shape index (κ3) is 5.03. The maximum absolute atomic E-state index is 4.86. The van der Waals surface area contributed by atoms with Crippen molar-refractivity contribution < 1.29 is 4.84 Å². The normalized spacial score (nSPS) is 6.71. The van der Waals surface area contributed by atoms with E-state index in [4.69, 9.17) is 6.42 Å². The monoisotopic (exact) mass is 96.0 g/mol. The van der Waals surface area contributed by atoms with Crippen LogP contribution in [0.2, 0.25) is 0 Å². The predicted molar refractivity (Wildman–Crippen MR) is 27.9 cm³/mol. The van der Waals surface area contributed by atoms with Crippen LogP contribution in [-0.4, -0.2) is 13.3 Å². The summed E-state index contributed by atoms with van der Waals surface area (Å²) in [4.78, 5) is 4.33. The molecule has 1 radical (unpaired) electrons. The van der Waals surface area contributed by atoms with Crippen LogP contribution in [0.1, 0.15) is 6.42 Å². The Balaban J connectivity index is 2.72. The van der Waals surface area contributed by atoms with Gasteiger partial charge in [0.05, 0.1) is 6.72 Å². The summed E-state index contributed by atoms with van der Waals surface area (Å²) in [5.74, 6) is 2.36. The van der Waals surface area contributed by atoms with E-state index in [1.807, 2.05) is 0 Å². The van der Waals surface area contributed by atoms with Crippen molar-refractivity contribution in [3.63, 3.8) is 0 Å². The van der Waals surface area contributed by atoms with Crippen LogP contribution in [0.15, 0.2) is 5.16 Å². The van der Waals surface area contributed by atoms with E-state index in [1.165, 1.54) is 0 Å². The summed E-state index contributed by atoms with van der Waals surface area (Å²) in [5.41, 5.74) is 0. The molecule has 0 heterocycles. The minimum atomic E-state index is 0.410. The van der Waals surface area contributed by atoms with Crippen LogP contribution in [0, 0.1) is 12.3 Å². The fourth-order valence-corrected chi connectivity index (χ4v) is 0.157. The van der Waals surface area contributed by atoms with E-state index >= 15 is 0 Å². The Hall–Kier alpha value is -0.970. The van der Waals surface area contributed by atoms with Crippen LogP contribution in [-0.2, 0) is 4.84 Å². The molecule has 0 saturated heterocycles. The van der Waals surface area contributed by atoms with Crippen molar-refractivity contribution in [2.24, 2.45) is 5.16 Å². The van der Waals surface area contributed by atoms with Gasteiger partial charge in [0, 0.05) is 6.42 Å². The number of hydrogen-bond donors (Lipinski definition) is 0. The molecular weight excluding hydrogens is 90.1 g/mol. The first-order valence-electron chi connectivity index (χ1n) is 1.87. The predicted octanol–water partition coefficient (Wildman–Crippen LogP) is 0.519. The zero-order chi connectivity index (χ0) is 5.54. The average molecular weight is 96.1 g/mol. The summed E-state index contributed by atoms with van der Waals surface area (Å²) in [7, 11) is 0. The third-order valence-electron chi connectivity index (χ3n) is 0.412. The van der Waals surface area contributed by atoms with Crippen molar-refractivity contribution in [3.05, 3.63) is 0 Å². The summed E-state index contributed by atoms with van der Waals surface area (Å²) in [6.45, 7) is 5.01. The van der Waals surface area contributed by atoms with Gasteiger partial charge in [-0.15, -0.1) is 12.3 Å². The Morgan fingerprint density at radius 3 is 2.86 bits per heavy atom. The van der Waals surface area contributed by atoms with Gasteiger partial charge >= 0.3 is 0 Å². The molecule has 0 spiro atoms. The standard InChI is InChI=1S/C5H6NO/c1-3-4-5-7-6-2/h1-2H,4-5H2. The van der Waals surface area contributed by atoms with Gasteiger partial charge in [-0.2, -0.15) is 0 Å². The number of rotatable bonds is 3. The van der Waals surface area contributed by atoms with E-state index in [-0.39, 0.29) is 0 Å². The molecule has 0 fully saturated rings. The van der Waals surface area contributed by atoms with E-state index in [0.29, 0.717) is 13.0 Å². The highest BCUT2D eigenvalue weighted by Gasteiger charge is 1.73. The van der Waals surface area contributed by atoms with Gasteiger partial charge in [-0.25, -0.2) is 0 Å². The second-order valence-corrected chi connectivity index (χ2v) is 0.893. The summed E-state index contributed by atoms with van der Waals surface area (Å²) < 4.78 is 0. The highest BCUT2D eigenvalue weighted by Crippen LogP contribution is 1.76. The molecule has 0 aromatic carbocycles. The average Bonchev–Trinajstić information content (AvgIpc) is 1.69. The smallest absolute Gasteiger partial charge is 0.128 e. The molecule has 0 rings (SSSR count). The van der Waals surface area contributed by atoms with E-state index in [2.05, 4.69) is 22.6 Å². The van der Waals surface area contributed by atoms with Crippen LogP contribution >= 0.6 is 0 Å². The lowest BCUT2D eigenvalue weighted by molar-refractivity contribution is 0.153. The van der Waals surface area contributed by atoms with E-state index in [9.17, 15) is 0 Å². The Labute approximate surface area is 43.2 Å². The topological polar surface area (TPSA) is 21.6 Å². The van der Waals surface area contributed by atoms with Gasteiger partial charge in [-0.3, -0.25) is 0 Å². The molecule has 0 unspecified atom stereocenters. The first-order valence-corrected chi connectivity index (χ1v) is 1.87. The lowest BCUT2D eigenvalue weighted by atomic mass is 10.5. The Bertz CT molecular complexity index is 82.6. The minimum Gasteiger partial charge on any atom is -0.395 e. The lowest BCUT2D eigenvalue weighted by Gasteiger charge is -1.87. The summed E-state index contributed by atoms with van der Waals surface area (Å²) >= 11 is 0. The van der Waals surface area contributed by atoms with E-state index < -0.39 is 0 Å². The van der Waals surface area contributed by atoms with Crippen molar-refractivity contribution in [2.45, 2.75) is 6.42 Å². The zero-order valence-corrected chi connectivity index (χ0v) is 3.92. The van der Waals surface area contributed by atoms with Crippen LogP contribution in [0.4, 0.5) is 0 Å². The van der Waals surface area contributed by atoms with Gasteiger partial charge in [-0.1, -0.05) is 5.16 Å². The Morgan fingerprint density at radius 2 is 2.43 bits per heavy atom. The number of nitrogens with zero attached hydrogens (tertiary/aromatic N) is 1. The zero-order valence-electron chi connectivity index (χ0n) is 3.92. The molecule has 37 valence electrons.